The van der Waals surface area contributed by atoms with Crippen molar-refractivity contribution < 1.29 is 4.79 Å². The SMILES string of the molecule is Cc1cc2cc(C(=O)N(Cc3ccnc4[nH]ccc34)Cc3ccnn3C)ccc2nc1N. The predicted molar refractivity (Wildman–Crippen MR) is 124 cm³/mol. The Morgan fingerprint density at radius 3 is 2.81 bits per heavy atom. The van der Waals surface area contributed by atoms with Crippen LogP contribution in [0, 0.1) is 6.92 Å². The third-order valence-corrected chi connectivity index (χ3v) is 5.77. The molecule has 0 unspecified atom stereocenters. The van der Waals surface area contributed by atoms with E-state index in [0.717, 1.165) is 38.8 Å². The first kappa shape index (κ1) is 19.7. The van der Waals surface area contributed by atoms with Crippen LogP contribution in [0.15, 0.2) is 61.1 Å². The second kappa shape index (κ2) is 7.81. The van der Waals surface area contributed by atoms with Gasteiger partial charge >= 0.3 is 0 Å². The number of anilines is 1. The van der Waals surface area contributed by atoms with Gasteiger partial charge in [-0.2, -0.15) is 5.10 Å². The summed E-state index contributed by atoms with van der Waals surface area (Å²) in [6.45, 7) is 2.79. The lowest BCUT2D eigenvalue weighted by atomic mass is 10.1. The number of nitrogen functional groups attached to an aromatic ring is 1. The fourth-order valence-corrected chi connectivity index (χ4v) is 3.93. The molecule has 0 aliphatic carbocycles. The molecule has 0 radical (unpaired) electrons. The molecule has 0 saturated carbocycles. The highest BCUT2D eigenvalue weighted by atomic mass is 16.2. The number of fused-ring (bicyclic) bond motifs is 2. The summed E-state index contributed by atoms with van der Waals surface area (Å²) in [7, 11) is 1.88. The number of benzene rings is 1. The van der Waals surface area contributed by atoms with Crippen molar-refractivity contribution in [2.45, 2.75) is 20.0 Å². The van der Waals surface area contributed by atoms with Crippen LogP contribution in [-0.4, -0.2) is 35.5 Å². The summed E-state index contributed by atoms with van der Waals surface area (Å²) in [4.78, 5) is 27.4. The van der Waals surface area contributed by atoms with E-state index in [-0.39, 0.29) is 5.91 Å². The van der Waals surface area contributed by atoms with Crippen LogP contribution >= 0.6 is 0 Å². The van der Waals surface area contributed by atoms with Gasteiger partial charge in [-0.05, 0) is 60.5 Å². The Kier molecular flexibility index (Phi) is 4.82. The zero-order valence-electron chi connectivity index (χ0n) is 17.9. The maximum absolute atomic E-state index is 13.7. The van der Waals surface area contributed by atoms with Crippen LogP contribution in [0.3, 0.4) is 0 Å². The Hall–Kier alpha value is -4.20. The minimum absolute atomic E-state index is 0.0666. The van der Waals surface area contributed by atoms with Crippen LogP contribution < -0.4 is 5.73 Å². The maximum atomic E-state index is 13.7. The van der Waals surface area contributed by atoms with E-state index in [1.165, 1.54) is 0 Å². The first-order valence-corrected chi connectivity index (χ1v) is 10.3. The van der Waals surface area contributed by atoms with Gasteiger partial charge in [0.05, 0.1) is 17.8 Å². The van der Waals surface area contributed by atoms with E-state index in [0.29, 0.717) is 24.5 Å². The molecular weight excluding hydrogens is 402 g/mol. The lowest BCUT2D eigenvalue weighted by Crippen LogP contribution is -2.31. The van der Waals surface area contributed by atoms with Gasteiger partial charge in [-0.1, -0.05) is 0 Å². The number of rotatable bonds is 5. The van der Waals surface area contributed by atoms with Crippen LogP contribution in [0.25, 0.3) is 21.9 Å². The molecule has 4 heterocycles. The largest absolute Gasteiger partial charge is 0.383 e. The summed E-state index contributed by atoms with van der Waals surface area (Å²) in [5, 5.41) is 6.15. The molecule has 0 aliphatic rings. The number of carbonyl (C=O) groups is 1. The Morgan fingerprint density at radius 1 is 1.12 bits per heavy atom. The first-order chi connectivity index (χ1) is 15.5. The van der Waals surface area contributed by atoms with Crippen LogP contribution in [0.2, 0.25) is 0 Å². The normalized spacial score (nSPS) is 11.3. The topological polar surface area (TPSA) is 106 Å². The average Bonchev–Trinajstić information content (AvgIpc) is 3.43. The molecule has 3 N–H and O–H groups in total. The van der Waals surface area contributed by atoms with Gasteiger partial charge in [-0.25, -0.2) is 9.97 Å². The molecule has 0 bridgehead atoms. The highest BCUT2D eigenvalue weighted by molar-refractivity contribution is 5.98. The molecular formula is C24H23N7O. The fraction of sp³-hybridized carbons (Fsp3) is 0.167. The zero-order valence-corrected chi connectivity index (χ0v) is 17.9. The highest BCUT2D eigenvalue weighted by Crippen LogP contribution is 2.23. The Labute approximate surface area is 184 Å². The number of H-pyrrole nitrogens is 1. The Morgan fingerprint density at radius 2 is 2.00 bits per heavy atom. The zero-order chi connectivity index (χ0) is 22.2. The van der Waals surface area contributed by atoms with Gasteiger partial charge in [0, 0.05) is 48.5 Å². The van der Waals surface area contributed by atoms with E-state index in [9.17, 15) is 4.79 Å². The second-order valence-corrected chi connectivity index (χ2v) is 7.92. The average molecular weight is 425 g/mol. The molecule has 5 rings (SSSR count). The number of hydrogen-bond donors (Lipinski definition) is 2. The Bertz CT molecular complexity index is 1450. The van der Waals surface area contributed by atoms with E-state index >= 15 is 0 Å². The van der Waals surface area contributed by atoms with Crippen molar-refractivity contribution in [1.82, 2.24) is 29.6 Å². The number of hydrogen-bond acceptors (Lipinski definition) is 5. The van der Waals surface area contributed by atoms with Crippen molar-refractivity contribution in [3.63, 3.8) is 0 Å². The summed E-state index contributed by atoms with van der Waals surface area (Å²) in [5.41, 5.74) is 11.0. The summed E-state index contributed by atoms with van der Waals surface area (Å²) in [5.74, 6) is 0.436. The summed E-state index contributed by atoms with van der Waals surface area (Å²) < 4.78 is 1.79. The van der Waals surface area contributed by atoms with Crippen molar-refractivity contribution in [2.24, 2.45) is 7.05 Å². The molecule has 0 saturated heterocycles. The molecule has 5 aromatic rings. The minimum Gasteiger partial charge on any atom is -0.383 e. The summed E-state index contributed by atoms with van der Waals surface area (Å²) in [6, 6.07) is 13.4. The third-order valence-electron chi connectivity index (χ3n) is 5.77. The number of amides is 1. The smallest absolute Gasteiger partial charge is 0.254 e. The van der Waals surface area contributed by atoms with Gasteiger partial charge < -0.3 is 15.6 Å². The molecule has 8 heteroatoms. The third kappa shape index (κ3) is 3.56. The second-order valence-electron chi connectivity index (χ2n) is 7.92. The van der Waals surface area contributed by atoms with E-state index in [4.69, 9.17) is 5.73 Å². The summed E-state index contributed by atoms with van der Waals surface area (Å²) >= 11 is 0. The fourth-order valence-electron chi connectivity index (χ4n) is 3.93. The predicted octanol–water partition coefficient (Wildman–Crippen LogP) is 3.58. The van der Waals surface area contributed by atoms with Gasteiger partial charge in [0.25, 0.3) is 5.91 Å². The minimum atomic E-state index is -0.0666. The van der Waals surface area contributed by atoms with Gasteiger partial charge in [0.15, 0.2) is 0 Å². The number of aromatic amines is 1. The molecule has 32 heavy (non-hydrogen) atoms. The number of nitrogens with two attached hydrogens (primary N) is 1. The molecule has 0 fully saturated rings. The molecule has 1 amide bonds. The number of aromatic nitrogens is 5. The monoisotopic (exact) mass is 425 g/mol. The van der Waals surface area contributed by atoms with E-state index in [2.05, 4.69) is 20.1 Å². The van der Waals surface area contributed by atoms with Crippen molar-refractivity contribution in [2.75, 3.05) is 5.73 Å². The molecule has 4 aromatic heterocycles. The standard InChI is InChI=1S/C24H23N7O/c1-15-11-18-12-16(3-4-21(18)29-22(15)25)24(32)31(14-19-6-10-28-30(19)2)13-17-5-8-26-23-20(17)7-9-27-23/h3-12H,13-14H2,1-2H3,(H2,25,29)(H,26,27). The molecule has 0 spiro atoms. The van der Waals surface area contributed by atoms with Crippen LogP contribution in [-0.2, 0) is 20.1 Å². The number of carbonyl (C=O) groups excluding carboxylic acids is 1. The van der Waals surface area contributed by atoms with Gasteiger partial charge in [0.2, 0.25) is 0 Å². The lowest BCUT2D eigenvalue weighted by molar-refractivity contribution is 0.0727. The van der Waals surface area contributed by atoms with E-state index in [1.54, 1.807) is 23.1 Å². The number of nitrogens with one attached hydrogen (secondary N) is 1. The Balaban J connectivity index is 1.54. The van der Waals surface area contributed by atoms with Crippen molar-refractivity contribution in [1.29, 1.82) is 0 Å². The van der Waals surface area contributed by atoms with Gasteiger partial charge in [0.1, 0.15) is 11.5 Å². The molecule has 0 atom stereocenters. The molecule has 160 valence electrons. The van der Waals surface area contributed by atoms with Crippen molar-refractivity contribution >= 4 is 33.7 Å². The first-order valence-electron chi connectivity index (χ1n) is 10.3. The summed E-state index contributed by atoms with van der Waals surface area (Å²) in [6.07, 6.45) is 5.36. The highest BCUT2D eigenvalue weighted by Gasteiger charge is 2.20. The van der Waals surface area contributed by atoms with Crippen LogP contribution in [0.5, 0.6) is 0 Å². The molecule has 0 aliphatic heterocycles. The van der Waals surface area contributed by atoms with Crippen molar-refractivity contribution in [3.05, 3.63) is 83.4 Å². The van der Waals surface area contributed by atoms with E-state index in [1.807, 2.05) is 61.5 Å². The number of pyridine rings is 2. The van der Waals surface area contributed by atoms with Gasteiger partial charge in [-0.3, -0.25) is 9.48 Å². The van der Waals surface area contributed by atoms with Crippen LogP contribution in [0.1, 0.15) is 27.2 Å². The van der Waals surface area contributed by atoms with Gasteiger partial charge in [-0.15, -0.1) is 0 Å². The number of aryl methyl sites for hydroxylation is 2. The maximum Gasteiger partial charge on any atom is 0.254 e. The molecule has 1 aromatic carbocycles. The van der Waals surface area contributed by atoms with Crippen LogP contribution in [0.4, 0.5) is 5.82 Å². The lowest BCUT2D eigenvalue weighted by Gasteiger charge is -2.23. The van der Waals surface area contributed by atoms with E-state index < -0.39 is 0 Å². The van der Waals surface area contributed by atoms with Crippen molar-refractivity contribution in [3.8, 4) is 0 Å². The quantitative estimate of drug-likeness (QED) is 0.448. The number of nitrogens with zero attached hydrogens (tertiary/aromatic N) is 5. The molecule has 8 nitrogen and oxygen atoms in total.